The molecular weight excluding hydrogens is 506 g/mol. The quantitative estimate of drug-likeness (QED) is 0.373. The average Bonchev–Trinajstić information content (AvgIpc) is 3.39. The summed E-state index contributed by atoms with van der Waals surface area (Å²) in [6.45, 7) is 11.6. The number of nitrogens with zero attached hydrogens (tertiary/aromatic N) is 3. The van der Waals surface area contributed by atoms with E-state index in [0.717, 1.165) is 54.9 Å². The number of carbonyl (C=O) groups is 1. The minimum Gasteiger partial charge on any atom is -0.491 e. The van der Waals surface area contributed by atoms with Crippen molar-refractivity contribution < 1.29 is 9.53 Å². The van der Waals surface area contributed by atoms with E-state index in [2.05, 4.69) is 32.9 Å². The van der Waals surface area contributed by atoms with Crippen molar-refractivity contribution in [2.45, 2.75) is 82.8 Å². The zero-order valence-corrected chi connectivity index (χ0v) is 24.7. The maximum Gasteiger partial charge on any atom is 0.227 e. The number of likely N-dealkylation sites (tertiary alicyclic amines) is 3. The molecule has 1 unspecified atom stereocenters. The van der Waals surface area contributed by atoms with Crippen molar-refractivity contribution in [3.63, 3.8) is 0 Å². The Morgan fingerprint density at radius 1 is 1.00 bits per heavy atom. The van der Waals surface area contributed by atoms with Crippen LogP contribution in [0.1, 0.15) is 69.9 Å². The molecule has 0 saturated carbocycles. The standard InChI is InChI=1S/C33H46ClN3O2/c1-26(2)39-31-11-6-8-27(22-31)23-32(38)37-21-15-33(25-37,28-9-7-10-29(34)24-28)14-20-35-18-12-30(13-19-35)36-16-4-3-5-17-36/h6-11,22,24,26,30H,3-5,12-21,23,25H2,1-2H3. The van der Waals surface area contributed by atoms with Gasteiger partial charge >= 0.3 is 0 Å². The van der Waals surface area contributed by atoms with Crippen molar-refractivity contribution in [1.29, 1.82) is 0 Å². The van der Waals surface area contributed by atoms with Crippen molar-refractivity contribution in [2.75, 3.05) is 45.8 Å². The summed E-state index contributed by atoms with van der Waals surface area (Å²) < 4.78 is 5.85. The molecule has 3 aliphatic heterocycles. The van der Waals surface area contributed by atoms with Crippen LogP contribution >= 0.6 is 11.6 Å². The van der Waals surface area contributed by atoms with Gasteiger partial charge in [0.2, 0.25) is 5.91 Å². The number of rotatable bonds is 9. The Kier molecular flexibility index (Phi) is 9.52. The Labute approximate surface area is 240 Å². The zero-order chi connectivity index (χ0) is 27.2. The molecule has 0 aromatic heterocycles. The maximum atomic E-state index is 13.5. The van der Waals surface area contributed by atoms with Crippen LogP contribution in [-0.2, 0) is 16.6 Å². The highest BCUT2D eigenvalue weighted by atomic mass is 35.5. The summed E-state index contributed by atoms with van der Waals surface area (Å²) in [5.74, 6) is 1.02. The maximum absolute atomic E-state index is 13.5. The molecule has 0 aliphatic carbocycles. The van der Waals surface area contributed by atoms with Crippen LogP contribution in [0.4, 0.5) is 0 Å². The molecule has 3 aliphatic rings. The van der Waals surface area contributed by atoms with Crippen LogP contribution < -0.4 is 4.74 Å². The first-order valence-corrected chi connectivity index (χ1v) is 15.5. The minimum absolute atomic E-state index is 0.0487. The van der Waals surface area contributed by atoms with Crippen molar-refractivity contribution in [2.24, 2.45) is 0 Å². The van der Waals surface area contributed by atoms with E-state index < -0.39 is 0 Å². The second kappa shape index (κ2) is 13.1. The minimum atomic E-state index is -0.0487. The normalized spacial score (nSPS) is 23.4. The third-order valence-corrected chi connectivity index (χ3v) is 9.37. The first-order chi connectivity index (χ1) is 18.9. The van der Waals surface area contributed by atoms with Crippen molar-refractivity contribution in [3.8, 4) is 5.75 Å². The third-order valence-electron chi connectivity index (χ3n) is 9.14. The topological polar surface area (TPSA) is 36.0 Å². The first-order valence-electron chi connectivity index (χ1n) is 15.2. The molecule has 0 spiro atoms. The number of halogens is 1. The number of piperidine rings is 2. The summed E-state index contributed by atoms with van der Waals surface area (Å²) in [5.41, 5.74) is 2.24. The molecule has 3 saturated heterocycles. The van der Waals surface area contributed by atoms with Crippen LogP contribution in [0.5, 0.6) is 5.75 Å². The zero-order valence-electron chi connectivity index (χ0n) is 23.9. The SMILES string of the molecule is CC(C)Oc1cccc(CC(=O)N2CCC(CCN3CCC(N4CCCCC4)CC3)(c3cccc(Cl)c3)C2)c1. The Hall–Kier alpha value is -2.08. The molecule has 5 nitrogen and oxygen atoms in total. The van der Waals surface area contributed by atoms with E-state index in [0.29, 0.717) is 6.42 Å². The van der Waals surface area contributed by atoms with Crippen LogP contribution in [0.15, 0.2) is 48.5 Å². The van der Waals surface area contributed by atoms with Gasteiger partial charge in [-0.3, -0.25) is 4.79 Å². The van der Waals surface area contributed by atoms with Gasteiger partial charge in [0.05, 0.1) is 12.5 Å². The number of ether oxygens (including phenoxy) is 1. The van der Waals surface area contributed by atoms with Crippen LogP contribution in [0.2, 0.25) is 5.02 Å². The molecular formula is C33H46ClN3O2. The molecule has 2 aromatic rings. The first kappa shape index (κ1) is 28.4. The summed E-state index contributed by atoms with van der Waals surface area (Å²) in [7, 11) is 0. The van der Waals surface area contributed by atoms with Gasteiger partial charge in [-0.15, -0.1) is 0 Å². The highest BCUT2D eigenvalue weighted by Gasteiger charge is 2.41. The number of hydrogen-bond acceptors (Lipinski definition) is 4. The summed E-state index contributed by atoms with van der Waals surface area (Å²) in [5, 5.41) is 0.779. The molecule has 3 fully saturated rings. The molecule has 0 bridgehead atoms. The van der Waals surface area contributed by atoms with Gasteiger partial charge in [-0.25, -0.2) is 0 Å². The highest BCUT2D eigenvalue weighted by molar-refractivity contribution is 6.30. The Morgan fingerprint density at radius 3 is 2.51 bits per heavy atom. The van der Waals surface area contributed by atoms with E-state index in [-0.39, 0.29) is 17.4 Å². The highest BCUT2D eigenvalue weighted by Crippen LogP contribution is 2.39. The smallest absolute Gasteiger partial charge is 0.227 e. The van der Waals surface area contributed by atoms with Gasteiger partial charge in [0.25, 0.3) is 0 Å². The van der Waals surface area contributed by atoms with Gasteiger partial charge in [-0.05, 0) is 120 Å². The van der Waals surface area contributed by atoms with Gasteiger partial charge in [0.1, 0.15) is 5.75 Å². The van der Waals surface area contributed by atoms with Gasteiger partial charge in [-0.2, -0.15) is 0 Å². The van der Waals surface area contributed by atoms with Crippen molar-refractivity contribution in [3.05, 3.63) is 64.7 Å². The summed E-state index contributed by atoms with van der Waals surface area (Å²) in [6, 6.07) is 17.1. The fourth-order valence-corrected chi connectivity index (χ4v) is 7.13. The molecule has 212 valence electrons. The van der Waals surface area contributed by atoms with Gasteiger partial charge < -0.3 is 19.4 Å². The van der Waals surface area contributed by atoms with E-state index in [1.165, 1.54) is 63.8 Å². The Balaban J connectivity index is 1.22. The summed E-state index contributed by atoms with van der Waals surface area (Å²) >= 11 is 6.47. The van der Waals surface area contributed by atoms with Crippen LogP contribution in [0, 0.1) is 0 Å². The van der Waals surface area contributed by atoms with Crippen LogP contribution in [0.3, 0.4) is 0 Å². The molecule has 3 heterocycles. The Morgan fingerprint density at radius 2 is 1.77 bits per heavy atom. The molecule has 1 amide bonds. The van der Waals surface area contributed by atoms with Gasteiger partial charge in [0, 0.05) is 29.6 Å². The van der Waals surface area contributed by atoms with E-state index in [9.17, 15) is 4.79 Å². The van der Waals surface area contributed by atoms with Crippen molar-refractivity contribution in [1.82, 2.24) is 14.7 Å². The number of amides is 1. The van der Waals surface area contributed by atoms with E-state index in [1.807, 2.05) is 44.2 Å². The lowest BCUT2D eigenvalue weighted by molar-refractivity contribution is -0.129. The third kappa shape index (κ3) is 7.36. The number of carbonyl (C=O) groups excluding carboxylic acids is 1. The second-order valence-corrected chi connectivity index (χ2v) is 12.7. The molecule has 0 N–H and O–H groups in total. The molecule has 5 rings (SSSR count). The molecule has 2 aromatic carbocycles. The lowest BCUT2D eigenvalue weighted by atomic mass is 9.76. The van der Waals surface area contributed by atoms with Crippen molar-refractivity contribution >= 4 is 17.5 Å². The van der Waals surface area contributed by atoms with Gasteiger partial charge in [0.15, 0.2) is 0 Å². The molecule has 0 radical (unpaired) electrons. The fraction of sp³-hybridized carbons (Fsp3) is 0.606. The number of benzene rings is 2. The Bertz CT molecular complexity index is 1090. The lowest BCUT2D eigenvalue weighted by Crippen LogP contribution is -2.47. The fourth-order valence-electron chi connectivity index (χ4n) is 6.94. The van der Waals surface area contributed by atoms with Crippen LogP contribution in [0.25, 0.3) is 0 Å². The number of hydrogen-bond donors (Lipinski definition) is 0. The lowest BCUT2D eigenvalue weighted by Gasteiger charge is -2.41. The monoisotopic (exact) mass is 551 g/mol. The largest absolute Gasteiger partial charge is 0.491 e. The second-order valence-electron chi connectivity index (χ2n) is 12.3. The van der Waals surface area contributed by atoms with Gasteiger partial charge in [-0.1, -0.05) is 42.3 Å². The van der Waals surface area contributed by atoms with E-state index in [1.54, 1.807) is 0 Å². The molecule has 1 atom stereocenters. The van der Waals surface area contributed by atoms with E-state index >= 15 is 0 Å². The molecule has 6 heteroatoms. The summed E-state index contributed by atoms with van der Waals surface area (Å²) in [6.07, 6.45) is 9.28. The van der Waals surface area contributed by atoms with E-state index in [4.69, 9.17) is 16.3 Å². The average molecular weight is 552 g/mol. The summed E-state index contributed by atoms with van der Waals surface area (Å²) in [4.78, 5) is 21.0. The molecule has 39 heavy (non-hydrogen) atoms. The van der Waals surface area contributed by atoms with Crippen LogP contribution in [-0.4, -0.2) is 78.6 Å². The predicted molar refractivity (Wildman–Crippen MR) is 160 cm³/mol. The predicted octanol–water partition coefficient (Wildman–Crippen LogP) is 6.18.